The molecule has 6 aliphatic rings. The zero-order valence-electron chi connectivity index (χ0n) is 32.2. The highest BCUT2D eigenvalue weighted by Crippen LogP contribution is 2.64. The van der Waals surface area contributed by atoms with Crippen molar-refractivity contribution in [3.63, 3.8) is 0 Å². The van der Waals surface area contributed by atoms with Gasteiger partial charge in [0.25, 0.3) is 0 Å². The maximum Gasteiger partial charge on any atom is 0.312 e. The van der Waals surface area contributed by atoms with Crippen molar-refractivity contribution in [3.8, 4) is 0 Å². The molecule has 2 N–H and O–H groups in total. The molecule has 0 heterocycles. The molecule has 10 unspecified atom stereocenters. The van der Waals surface area contributed by atoms with Crippen molar-refractivity contribution in [1.82, 2.24) is 0 Å². The van der Waals surface area contributed by atoms with Gasteiger partial charge in [0.2, 0.25) is 0 Å². The Kier molecular flexibility index (Phi) is 10.6. The second kappa shape index (κ2) is 14.0. The third-order valence-corrected chi connectivity index (χ3v) is 15.7. The van der Waals surface area contributed by atoms with Gasteiger partial charge in [-0.25, -0.2) is 4.89 Å². The molecule has 274 valence electrons. The van der Waals surface area contributed by atoms with E-state index in [9.17, 15) is 15.2 Å². The van der Waals surface area contributed by atoms with Crippen LogP contribution in [0.2, 0.25) is 0 Å². The SMILES string of the molecule is CC(C)C1=CC2=CCC3C(C)(C(=O)OCCC(O)CC(OO)C4(C)CCCC5(C)C6CCC(C(C)C)=CC6=CCC45)CCCC3(C)C2CC1. The van der Waals surface area contributed by atoms with Gasteiger partial charge in [0.15, 0.2) is 0 Å². The molecule has 2 saturated carbocycles. The molecule has 0 aromatic carbocycles. The minimum absolute atomic E-state index is 0.0985. The summed E-state index contributed by atoms with van der Waals surface area (Å²) in [6, 6.07) is 0. The Balaban J connectivity index is 1.08. The summed E-state index contributed by atoms with van der Waals surface area (Å²) in [7, 11) is 0. The number of esters is 1. The van der Waals surface area contributed by atoms with Crippen molar-refractivity contribution >= 4 is 5.97 Å². The standard InChI is InChI=1S/C44H68O5/c1-28(2)30-11-15-35-32(25-30)13-17-37-41(35,5)20-9-22-43(37,7)39(49-47)27-34(45)19-24-48-40(46)44(8)23-10-21-42(6)36-16-12-31(29(3)4)26-33(36)14-18-38(42)44/h13-14,25-26,28-29,34-39,45,47H,9-12,15-24,27H2,1-8H3. The van der Waals surface area contributed by atoms with Gasteiger partial charge in [0.05, 0.1) is 18.1 Å². The third kappa shape index (κ3) is 6.50. The highest BCUT2D eigenvalue weighted by Gasteiger charge is 2.59. The molecule has 5 nitrogen and oxygen atoms in total. The number of allylic oxidation sites excluding steroid dienone is 8. The van der Waals surface area contributed by atoms with E-state index in [1.807, 2.05) is 0 Å². The van der Waals surface area contributed by atoms with Crippen LogP contribution in [-0.4, -0.2) is 35.1 Å². The summed E-state index contributed by atoms with van der Waals surface area (Å²) in [5.74, 6) is 2.78. The fourth-order valence-corrected chi connectivity index (χ4v) is 12.6. The number of fused-ring (bicyclic) bond motifs is 6. The zero-order chi connectivity index (χ0) is 35.4. The number of ether oxygens (including phenoxy) is 1. The number of aliphatic hydroxyl groups is 1. The molecule has 0 aliphatic heterocycles. The van der Waals surface area contributed by atoms with Crippen LogP contribution in [0.25, 0.3) is 0 Å². The summed E-state index contributed by atoms with van der Waals surface area (Å²) in [4.78, 5) is 19.2. The van der Waals surface area contributed by atoms with E-state index in [0.29, 0.717) is 42.4 Å². The number of hydrogen-bond donors (Lipinski definition) is 2. The molecule has 6 aliphatic carbocycles. The third-order valence-electron chi connectivity index (χ3n) is 15.7. The van der Waals surface area contributed by atoms with E-state index in [4.69, 9.17) is 9.62 Å². The summed E-state index contributed by atoms with van der Waals surface area (Å²) in [6.07, 6.45) is 22.4. The van der Waals surface area contributed by atoms with Crippen LogP contribution in [0.3, 0.4) is 0 Å². The van der Waals surface area contributed by atoms with Crippen molar-refractivity contribution < 1.29 is 24.8 Å². The smallest absolute Gasteiger partial charge is 0.312 e. The molecule has 0 bridgehead atoms. The van der Waals surface area contributed by atoms with Crippen LogP contribution in [0.15, 0.2) is 46.6 Å². The van der Waals surface area contributed by atoms with E-state index in [1.165, 1.54) is 43.3 Å². The minimum atomic E-state index is -0.718. The Morgan fingerprint density at radius 3 is 1.90 bits per heavy atom. The highest BCUT2D eigenvalue weighted by molar-refractivity contribution is 5.77. The normalized spacial score (nSPS) is 40.1. The quantitative estimate of drug-likeness (QED) is 0.137. The number of hydrogen-bond acceptors (Lipinski definition) is 5. The van der Waals surface area contributed by atoms with E-state index in [2.05, 4.69) is 79.7 Å². The predicted molar refractivity (Wildman–Crippen MR) is 198 cm³/mol. The molecular formula is C44H68O5. The summed E-state index contributed by atoms with van der Waals surface area (Å²) in [5, 5.41) is 21.7. The Morgan fingerprint density at radius 1 is 0.816 bits per heavy atom. The molecule has 0 spiro atoms. The van der Waals surface area contributed by atoms with Crippen LogP contribution in [0.1, 0.15) is 145 Å². The summed E-state index contributed by atoms with van der Waals surface area (Å²) < 4.78 is 6.06. The first-order valence-electron chi connectivity index (χ1n) is 20.1. The molecule has 0 aromatic rings. The van der Waals surface area contributed by atoms with E-state index in [-0.39, 0.29) is 34.7 Å². The fraction of sp³-hybridized carbons (Fsp3) is 0.795. The van der Waals surface area contributed by atoms with Gasteiger partial charge < -0.3 is 9.84 Å². The Morgan fingerprint density at radius 2 is 1.35 bits per heavy atom. The predicted octanol–water partition coefficient (Wildman–Crippen LogP) is 10.8. The number of rotatable bonds is 10. The van der Waals surface area contributed by atoms with Gasteiger partial charge in [-0.15, -0.1) is 0 Å². The average Bonchev–Trinajstić information content (AvgIpc) is 3.06. The molecule has 49 heavy (non-hydrogen) atoms. The van der Waals surface area contributed by atoms with Gasteiger partial charge in [-0.3, -0.25) is 10.1 Å². The lowest BCUT2D eigenvalue weighted by atomic mass is 9.45. The zero-order valence-corrected chi connectivity index (χ0v) is 32.2. The van der Waals surface area contributed by atoms with Crippen molar-refractivity contribution in [2.24, 2.45) is 57.2 Å². The van der Waals surface area contributed by atoms with Gasteiger partial charge in [0.1, 0.15) is 6.10 Å². The first-order chi connectivity index (χ1) is 23.2. The Hall–Kier alpha value is -1.69. The van der Waals surface area contributed by atoms with Crippen molar-refractivity contribution in [1.29, 1.82) is 0 Å². The molecule has 0 aromatic heterocycles. The lowest BCUT2D eigenvalue weighted by Crippen LogP contribution is -2.55. The molecule has 5 heteroatoms. The summed E-state index contributed by atoms with van der Waals surface area (Å²) in [6.45, 7) is 18.8. The van der Waals surface area contributed by atoms with Crippen LogP contribution in [0.5, 0.6) is 0 Å². The number of carbonyl (C=O) groups excluding carboxylic acids is 1. The molecular weight excluding hydrogens is 608 g/mol. The molecule has 2 fully saturated rings. The second-order valence-electron chi connectivity index (χ2n) is 19.0. The van der Waals surface area contributed by atoms with Crippen molar-refractivity contribution in [2.75, 3.05) is 6.61 Å². The molecule has 0 saturated heterocycles. The van der Waals surface area contributed by atoms with E-state index in [1.54, 1.807) is 11.1 Å². The van der Waals surface area contributed by atoms with E-state index in [0.717, 1.165) is 44.9 Å². The highest BCUT2D eigenvalue weighted by atomic mass is 17.1. The van der Waals surface area contributed by atoms with Crippen molar-refractivity contribution in [3.05, 3.63) is 46.6 Å². The molecule has 0 radical (unpaired) electrons. The summed E-state index contributed by atoms with van der Waals surface area (Å²) in [5.41, 5.74) is 5.64. The lowest BCUT2D eigenvalue weighted by Gasteiger charge is -2.60. The minimum Gasteiger partial charge on any atom is -0.465 e. The van der Waals surface area contributed by atoms with Gasteiger partial charge in [-0.05, 0) is 129 Å². The maximum atomic E-state index is 13.9. The van der Waals surface area contributed by atoms with Gasteiger partial charge in [0, 0.05) is 18.3 Å². The first kappa shape index (κ1) is 37.1. The lowest BCUT2D eigenvalue weighted by molar-refractivity contribution is -0.322. The van der Waals surface area contributed by atoms with Gasteiger partial charge in [-0.1, -0.05) is 96.8 Å². The number of aliphatic hydroxyl groups excluding tert-OH is 1. The van der Waals surface area contributed by atoms with Crippen LogP contribution in [-0.2, 0) is 14.4 Å². The molecule has 10 atom stereocenters. The monoisotopic (exact) mass is 677 g/mol. The van der Waals surface area contributed by atoms with Crippen LogP contribution < -0.4 is 0 Å². The van der Waals surface area contributed by atoms with Crippen LogP contribution in [0, 0.1) is 57.2 Å². The first-order valence-corrected chi connectivity index (χ1v) is 20.1. The Bertz CT molecular complexity index is 1370. The van der Waals surface area contributed by atoms with Crippen molar-refractivity contribution in [2.45, 2.75) is 157 Å². The van der Waals surface area contributed by atoms with Crippen LogP contribution in [0.4, 0.5) is 0 Å². The van der Waals surface area contributed by atoms with Crippen LogP contribution >= 0.6 is 0 Å². The van der Waals surface area contributed by atoms with E-state index < -0.39 is 17.6 Å². The molecule has 6 rings (SSSR count). The fourth-order valence-electron chi connectivity index (χ4n) is 12.6. The largest absolute Gasteiger partial charge is 0.465 e. The Labute approximate surface area is 298 Å². The van der Waals surface area contributed by atoms with Gasteiger partial charge in [-0.2, -0.15) is 0 Å². The van der Waals surface area contributed by atoms with Gasteiger partial charge >= 0.3 is 5.97 Å². The molecule has 0 amide bonds. The average molecular weight is 677 g/mol. The summed E-state index contributed by atoms with van der Waals surface area (Å²) >= 11 is 0. The van der Waals surface area contributed by atoms with E-state index >= 15 is 0 Å². The topological polar surface area (TPSA) is 76.0 Å². The second-order valence-corrected chi connectivity index (χ2v) is 19.0. The maximum absolute atomic E-state index is 13.9. The number of carbonyl (C=O) groups is 1.